The molecule has 1 atom stereocenters. The molecule has 0 fully saturated rings. The molecule has 4 rings (SSSR count). The van der Waals surface area contributed by atoms with Crippen molar-refractivity contribution in [1.82, 2.24) is 0 Å². The minimum Gasteiger partial charge on any atom is -0.504 e. The molecule has 148 valence electrons. The first-order valence-electron chi connectivity index (χ1n) is 8.93. The SMILES string of the molecule is COc1ccc(N2C(=O)c3cc(I)ccc3N[C@H]2c2cccc(OC)c2O)cc1. The number of benzene rings is 3. The number of halogens is 1. The third kappa shape index (κ3) is 3.46. The molecule has 1 heterocycles. The number of hydrogen-bond acceptors (Lipinski definition) is 5. The number of carbonyl (C=O) groups is 1. The van der Waals surface area contributed by atoms with Gasteiger partial charge in [-0.05, 0) is 71.1 Å². The van der Waals surface area contributed by atoms with E-state index < -0.39 is 6.17 Å². The number of nitrogens with zero attached hydrogens (tertiary/aromatic N) is 1. The first-order valence-corrected chi connectivity index (χ1v) is 10.0. The van der Waals surface area contributed by atoms with Crippen molar-refractivity contribution in [2.75, 3.05) is 24.4 Å². The highest BCUT2D eigenvalue weighted by Gasteiger charge is 2.36. The number of hydrogen-bond donors (Lipinski definition) is 2. The minimum absolute atomic E-state index is 0.00669. The molecule has 1 amide bonds. The van der Waals surface area contributed by atoms with Gasteiger partial charge in [0.05, 0.1) is 19.8 Å². The van der Waals surface area contributed by atoms with Gasteiger partial charge < -0.3 is 19.9 Å². The predicted molar refractivity (Wildman–Crippen MR) is 120 cm³/mol. The maximum Gasteiger partial charge on any atom is 0.262 e. The quantitative estimate of drug-likeness (QED) is 0.503. The van der Waals surface area contributed by atoms with Crippen LogP contribution in [0.3, 0.4) is 0 Å². The third-order valence-corrected chi connectivity index (χ3v) is 5.55. The van der Waals surface area contributed by atoms with Crippen LogP contribution in [0.4, 0.5) is 11.4 Å². The van der Waals surface area contributed by atoms with E-state index in [1.165, 1.54) is 7.11 Å². The smallest absolute Gasteiger partial charge is 0.262 e. The summed E-state index contributed by atoms with van der Waals surface area (Å²) in [5, 5.41) is 14.1. The summed E-state index contributed by atoms with van der Waals surface area (Å²) in [7, 11) is 3.09. The average molecular weight is 502 g/mol. The van der Waals surface area contributed by atoms with Crippen LogP contribution < -0.4 is 19.7 Å². The number of fused-ring (bicyclic) bond motifs is 1. The van der Waals surface area contributed by atoms with Gasteiger partial charge in [0, 0.05) is 20.5 Å². The zero-order valence-electron chi connectivity index (χ0n) is 15.8. The second-order valence-electron chi connectivity index (χ2n) is 6.51. The van der Waals surface area contributed by atoms with Gasteiger partial charge in [-0.3, -0.25) is 9.69 Å². The van der Waals surface area contributed by atoms with E-state index >= 15 is 0 Å². The molecule has 0 spiro atoms. The van der Waals surface area contributed by atoms with Crippen LogP contribution in [0.5, 0.6) is 17.2 Å². The van der Waals surface area contributed by atoms with E-state index in [0.717, 1.165) is 3.57 Å². The van der Waals surface area contributed by atoms with Crippen LogP contribution in [-0.2, 0) is 0 Å². The number of nitrogens with one attached hydrogen (secondary N) is 1. The molecule has 7 heteroatoms. The molecule has 0 aromatic heterocycles. The summed E-state index contributed by atoms with van der Waals surface area (Å²) < 4.78 is 11.5. The number of methoxy groups -OCH3 is 2. The number of rotatable bonds is 4. The minimum atomic E-state index is -0.612. The number of phenols is 1. The summed E-state index contributed by atoms with van der Waals surface area (Å²) >= 11 is 2.19. The number of phenolic OH excluding ortho intramolecular Hbond substituents is 1. The Kier molecular flexibility index (Phi) is 5.23. The van der Waals surface area contributed by atoms with Crippen LogP contribution in [0.25, 0.3) is 0 Å². The van der Waals surface area contributed by atoms with Crippen LogP contribution in [0, 0.1) is 3.57 Å². The molecule has 1 aliphatic rings. The third-order valence-electron chi connectivity index (χ3n) is 4.88. The molecule has 29 heavy (non-hydrogen) atoms. The fourth-order valence-corrected chi connectivity index (χ4v) is 3.92. The number of carbonyl (C=O) groups excluding carboxylic acids is 1. The molecule has 6 nitrogen and oxygen atoms in total. The summed E-state index contributed by atoms with van der Waals surface area (Å²) in [6, 6.07) is 18.2. The zero-order valence-corrected chi connectivity index (χ0v) is 18.0. The number of amides is 1. The van der Waals surface area contributed by atoms with Crippen molar-refractivity contribution < 1.29 is 19.4 Å². The Morgan fingerprint density at radius 3 is 2.48 bits per heavy atom. The van der Waals surface area contributed by atoms with E-state index in [1.807, 2.05) is 30.3 Å². The monoisotopic (exact) mass is 502 g/mol. The summed E-state index contributed by atoms with van der Waals surface area (Å²) in [6.45, 7) is 0. The highest BCUT2D eigenvalue weighted by molar-refractivity contribution is 14.1. The van der Waals surface area contributed by atoms with Crippen LogP contribution in [0.2, 0.25) is 0 Å². The summed E-state index contributed by atoms with van der Waals surface area (Å²) in [5.41, 5.74) is 2.51. The molecule has 0 saturated carbocycles. The second-order valence-corrected chi connectivity index (χ2v) is 7.75. The largest absolute Gasteiger partial charge is 0.504 e. The summed E-state index contributed by atoms with van der Waals surface area (Å²) in [4.78, 5) is 15.1. The van der Waals surface area contributed by atoms with E-state index in [-0.39, 0.29) is 11.7 Å². The molecular formula is C22H19IN2O4. The zero-order chi connectivity index (χ0) is 20.5. The molecule has 0 aliphatic carbocycles. The average Bonchev–Trinajstić information content (AvgIpc) is 2.74. The number of aromatic hydroxyl groups is 1. The maximum absolute atomic E-state index is 13.5. The van der Waals surface area contributed by atoms with E-state index in [1.54, 1.807) is 42.3 Å². The predicted octanol–water partition coefficient (Wildman–Crippen LogP) is 4.79. The van der Waals surface area contributed by atoms with E-state index in [0.29, 0.717) is 34.0 Å². The molecule has 1 aliphatic heterocycles. The Hall–Kier alpha value is -2.94. The summed E-state index contributed by atoms with van der Waals surface area (Å²) in [5.74, 6) is 0.879. The van der Waals surface area contributed by atoms with Gasteiger partial charge in [-0.2, -0.15) is 0 Å². The summed E-state index contributed by atoms with van der Waals surface area (Å²) in [6.07, 6.45) is -0.612. The van der Waals surface area contributed by atoms with E-state index in [9.17, 15) is 9.90 Å². The van der Waals surface area contributed by atoms with Crippen LogP contribution >= 0.6 is 22.6 Å². The molecule has 2 N–H and O–H groups in total. The molecule has 0 unspecified atom stereocenters. The Morgan fingerprint density at radius 2 is 1.79 bits per heavy atom. The fourth-order valence-electron chi connectivity index (χ4n) is 3.43. The number of para-hydroxylation sites is 1. The lowest BCUT2D eigenvalue weighted by atomic mass is 10.0. The first-order chi connectivity index (χ1) is 14.0. The Morgan fingerprint density at radius 1 is 1.03 bits per heavy atom. The normalized spacial score (nSPS) is 15.5. The highest BCUT2D eigenvalue weighted by atomic mass is 127. The number of ether oxygens (including phenoxy) is 2. The van der Waals surface area contributed by atoms with Crippen LogP contribution in [-0.4, -0.2) is 25.2 Å². The Labute approximate surface area is 182 Å². The molecular weight excluding hydrogens is 483 g/mol. The lowest BCUT2D eigenvalue weighted by Crippen LogP contribution is -2.43. The van der Waals surface area contributed by atoms with Crippen LogP contribution in [0.1, 0.15) is 22.1 Å². The molecule has 3 aromatic carbocycles. The van der Waals surface area contributed by atoms with Crippen molar-refractivity contribution in [3.8, 4) is 17.2 Å². The standard InChI is InChI=1S/C22H19IN2O4/c1-28-15-9-7-14(8-10-15)25-21(16-4-3-5-19(29-2)20(16)26)24-18-11-6-13(23)12-17(18)22(25)27/h3-12,21,24,26H,1-2H3/t21-/m1/s1. The number of anilines is 2. The highest BCUT2D eigenvalue weighted by Crippen LogP contribution is 2.42. The van der Waals surface area contributed by atoms with Crippen LogP contribution in [0.15, 0.2) is 60.7 Å². The second kappa shape index (κ2) is 7.82. The topological polar surface area (TPSA) is 71.0 Å². The van der Waals surface area contributed by atoms with E-state index in [2.05, 4.69) is 27.9 Å². The van der Waals surface area contributed by atoms with Gasteiger partial charge in [-0.1, -0.05) is 12.1 Å². The van der Waals surface area contributed by atoms with Gasteiger partial charge >= 0.3 is 0 Å². The van der Waals surface area contributed by atoms with Gasteiger partial charge in [-0.15, -0.1) is 0 Å². The molecule has 0 saturated heterocycles. The van der Waals surface area contributed by atoms with Crippen molar-refractivity contribution in [1.29, 1.82) is 0 Å². The lowest BCUT2D eigenvalue weighted by Gasteiger charge is -2.38. The van der Waals surface area contributed by atoms with Gasteiger partial charge in [0.25, 0.3) is 5.91 Å². The van der Waals surface area contributed by atoms with Crippen molar-refractivity contribution >= 4 is 39.9 Å². The van der Waals surface area contributed by atoms with Crippen molar-refractivity contribution in [3.05, 3.63) is 75.4 Å². The van der Waals surface area contributed by atoms with Crippen molar-refractivity contribution in [3.63, 3.8) is 0 Å². The lowest BCUT2D eigenvalue weighted by molar-refractivity contribution is 0.0974. The van der Waals surface area contributed by atoms with Crippen molar-refractivity contribution in [2.24, 2.45) is 0 Å². The van der Waals surface area contributed by atoms with Crippen molar-refractivity contribution in [2.45, 2.75) is 6.17 Å². The first kappa shape index (κ1) is 19.4. The molecule has 0 bridgehead atoms. The molecule has 3 aromatic rings. The van der Waals surface area contributed by atoms with Gasteiger partial charge in [0.2, 0.25) is 0 Å². The Bertz CT molecular complexity index is 1070. The van der Waals surface area contributed by atoms with Gasteiger partial charge in [0.15, 0.2) is 11.5 Å². The van der Waals surface area contributed by atoms with Gasteiger partial charge in [-0.25, -0.2) is 0 Å². The van der Waals surface area contributed by atoms with E-state index in [4.69, 9.17) is 9.47 Å². The Balaban J connectivity index is 1.88. The maximum atomic E-state index is 13.5. The molecule has 0 radical (unpaired) electrons. The van der Waals surface area contributed by atoms with Gasteiger partial charge in [0.1, 0.15) is 11.9 Å². The fraction of sp³-hybridized carbons (Fsp3) is 0.136.